The molecule has 0 aliphatic carbocycles. The number of thioether (sulfide) groups is 1. The van der Waals surface area contributed by atoms with Gasteiger partial charge in [-0.1, -0.05) is 0 Å². The highest BCUT2D eigenvalue weighted by Crippen LogP contribution is 2.20. The van der Waals surface area contributed by atoms with Crippen molar-refractivity contribution in [2.24, 2.45) is 0 Å². The van der Waals surface area contributed by atoms with Crippen LogP contribution in [0, 0.1) is 0 Å². The topological polar surface area (TPSA) is 102 Å². The normalized spacial score (nSPS) is 24.4. The van der Waals surface area contributed by atoms with E-state index >= 15 is 0 Å². The molecular weight excluding hydrogens is 322 g/mol. The predicted molar refractivity (Wildman–Crippen MR) is 79.6 cm³/mol. The van der Waals surface area contributed by atoms with E-state index in [2.05, 4.69) is 10.3 Å². The van der Waals surface area contributed by atoms with E-state index in [0.717, 1.165) is 4.90 Å². The number of anilines is 1. The fourth-order valence-corrected chi connectivity index (χ4v) is 5.03. The molecule has 2 unspecified atom stereocenters. The second-order valence-electron chi connectivity index (χ2n) is 4.47. The number of nitrogen functional groups attached to an aromatic ring is 1. The molecule has 9 heteroatoms. The number of rotatable bonds is 4. The zero-order valence-corrected chi connectivity index (χ0v) is 12.8. The van der Waals surface area contributed by atoms with E-state index in [0.29, 0.717) is 5.82 Å². The van der Waals surface area contributed by atoms with Gasteiger partial charge in [-0.25, -0.2) is 13.4 Å². The Morgan fingerprint density at radius 3 is 2.80 bits per heavy atom. The maximum Gasteiger partial charge on any atom is 0.230 e. The highest BCUT2D eigenvalue weighted by atomic mass is 35.5. The van der Waals surface area contributed by atoms with Crippen LogP contribution in [0.2, 0.25) is 0 Å². The molecule has 0 saturated carbocycles. The Morgan fingerprint density at radius 2 is 2.25 bits per heavy atom. The number of carbonyl (C=O) groups excluding carboxylic acids is 1. The van der Waals surface area contributed by atoms with Gasteiger partial charge in [0.25, 0.3) is 0 Å². The Hall–Kier alpha value is -0.990. The van der Waals surface area contributed by atoms with Crippen molar-refractivity contribution in [3.8, 4) is 0 Å². The van der Waals surface area contributed by atoms with Gasteiger partial charge in [0, 0.05) is 11.1 Å². The summed E-state index contributed by atoms with van der Waals surface area (Å²) >= 11 is 7.22. The first-order valence-electron chi connectivity index (χ1n) is 5.84. The Morgan fingerprint density at radius 1 is 1.50 bits per heavy atom. The molecule has 0 bridgehead atoms. The van der Waals surface area contributed by atoms with Gasteiger partial charge in [-0.3, -0.25) is 4.79 Å². The summed E-state index contributed by atoms with van der Waals surface area (Å²) in [4.78, 5) is 16.5. The van der Waals surface area contributed by atoms with Crippen molar-refractivity contribution in [3.05, 3.63) is 18.3 Å². The van der Waals surface area contributed by atoms with Crippen LogP contribution in [0.15, 0.2) is 23.2 Å². The molecule has 1 aliphatic rings. The van der Waals surface area contributed by atoms with Gasteiger partial charge >= 0.3 is 0 Å². The van der Waals surface area contributed by atoms with Gasteiger partial charge in [0.15, 0.2) is 9.84 Å². The number of hydrogen-bond donors (Lipinski definition) is 2. The minimum atomic E-state index is -3.14. The summed E-state index contributed by atoms with van der Waals surface area (Å²) in [6.45, 7) is 0. The van der Waals surface area contributed by atoms with Gasteiger partial charge in [-0.2, -0.15) is 0 Å². The van der Waals surface area contributed by atoms with Crippen LogP contribution in [0.3, 0.4) is 0 Å². The van der Waals surface area contributed by atoms with E-state index in [1.165, 1.54) is 11.8 Å². The number of aromatic nitrogens is 1. The number of carbonyl (C=O) groups is 1. The van der Waals surface area contributed by atoms with Crippen LogP contribution in [-0.2, 0) is 14.6 Å². The van der Waals surface area contributed by atoms with Gasteiger partial charge in [0.1, 0.15) is 5.82 Å². The van der Waals surface area contributed by atoms with E-state index < -0.39 is 21.3 Å². The van der Waals surface area contributed by atoms with Crippen LogP contribution in [-0.4, -0.2) is 48.0 Å². The maximum absolute atomic E-state index is 11.8. The third-order valence-corrected chi connectivity index (χ3v) is 6.12. The molecule has 110 valence electrons. The number of sulfone groups is 1. The third-order valence-electron chi connectivity index (χ3n) is 2.76. The first-order chi connectivity index (χ1) is 9.35. The maximum atomic E-state index is 11.8. The smallest absolute Gasteiger partial charge is 0.230 e. The van der Waals surface area contributed by atoms with Gasteiger partial charge in [0.2, 0.25) is 5.91 Å². The van der Waals surface area contributed by atoms with Gasteiger partial charge < -0.3 is 11.1 Å². The Kier molecular flexibility index (Phi) is 4.77. The summed E-state index contributed by atoms with van der Waals surface area (Å²) in [7, 11) is -3.14. The lowest BCUT2D eigenvalue weighted by atomic mass is 10.2. The molecule has 0 aromatic carbocycles. The lowest BCUT2D eigenvalue weighted by molar-refractivity contribution is -0.119. The molecule has 2 atom stereocenters. The SMILES string of the molecule is Nc1ccc(SCC(=O)NC2CS(=O)(=O)CC2Cl)cn1. The zero-order valence-electron chi connectivity index (χ0n) is 10.5. The number of pyridine rings is 1. The first kappa shape index (κ1) is 15.4. The van der Waals surface area contributed by atoms with Crippen molar-refractivity contribution in [1.82, 2.24) is 10.3 Å². The molecule has 20 heavy (non-hydrogen) atoms. The van der Waals surface area contributed by atoms with Gasteiger partial charge in [-0.15, -0.1) is 23.4 Å². The molecule has 3 N–H and O–H groups in total. The lowest BCUT2D eigenvalue weighted by Crippen LogP contribution is -2.41. The summed E-state index contributed by atoms with van der Waals surface area (Å²) in [6, 6.07) is 2.91. The molecule has 1 aliphatic heterocycles. The molecule has 1 aromatic rings. The first-order valence-corrected chi connectivity index (χ1v) is 9.08. The molecular formula is C11H14ClN3O3S2. The molecule has 6 nitrogen and oxygen atoms in total. The molecule has 1 aromatic heterocycles. The van der Waals surface area contributed by atoms with Crippen LogP contribution in [0.5, 0.6) is 0 Å². The third kappa shape index (κ3) is 4.26. The summed E-state index contributed by atoms with van der Waals surface area (Å²) in [5.41, 5.74) is 5.46. The summed E-state index contributed by atoms with van der Waals surface area (Å²) in [5.74, 6) is 0.154. The number of halogens is 1. The van der Waals surface area contributed by atoms with Crippen molar-refractivity contribution < 1.29 is 13.2 Å². The Balaban J connectivity index is 1.83. The molecule has 2 rings (SSSR count). The fourth-order valence-electron chi connectivity index (χ4n) is 1.81. The highest BCUT2D eigenvalue weighted by Gasteiger charge is 2.37. The minimum absolute atomic E-state index is 0.0888. The number of nitrogens with one attached hydrogen (secondary N) is 1. The van der Waals surface area contributed by atoms with Crippen molar-refractivity contribution in [2.45, 2.75) is 16.3 Å². The summed E-state index contributed by atoms with van der Waals surface area (Å²) in [5, 5.41) is 2.09. The van der Waals surface area contributed by atoms with Crippen molar-refractivity contribution in [1.29, 1.82) is 0 Å². The monoisotopic (exact) mass is 335 g/mol. The van der Waals surface area contributed by atoms with Crippen LogP contribution < -0.4 is 11.1 Å². The van der Waals surface area contributed by atoms with Crippen LogP contribution >= 0.6 is 23.4 Å². The summed E-state index contributed by atoms with van der Waals surface area (Å²) in [6.07, 6.45) is 1.58. The number of nitrogens with two attached hydrogens (primary N) is 1. The minimum Gasteiger partial charge on any atom is -0.384 e. The standard InChI is InChI=1S/C11H14ClN3O3S2/c12-8-5-20(17,18)6-9(8)15-11(16)4-19-7-1-2-10(13)14-3-7/h1-3,8-9H,4-6H2,(H2,13,14)(H,15,16). The number of nitrogens with zero attached hydrogens (tertiary/aromatic N) is 1. The van der Waals surface area contributed by atoms with Crippen molar-refractivity contribution in [2.75, 3.05) is 23.0 Å². The van der Waals surface area contributed by atoms with Gasteiger partial charge in [-0.05, 0) is 12.1 Å². The highest BCUT2D eigenvalue weighted by molar-refractivity contribution is 8.00. The van der Waals surface area contributed by atoms with Crippen molar-refractivity contribution in [3.63, 3.8) is 0 Å². The van der Waals surface area contributed by atoms with Crippen LogP contribution in [0.25, 0.3) is 0 Å². The fraction of sp³-hybridized carbons (Fsp3) is 0.455. The van der Waals surface area contributed by atoms with E-state index in [-0.39, 0.29) is 23.2 Å². The average molecular weight is 336 g/mol. The van der Waals surface area contributed by atoms with Gasteiger partial charge in [0.05, 0.1) is 28.7 Å². The largest absolute Gasteiger partial charge is 0.384 e. The van der Waals surface area contributed by atoms with Crippen LogP contribution in [0.1, 0.15) is 0 Å². The van der Waals surface area contributed by atoms with E-state index in [4.69, 9.17) is 17.3 Å². The molecule has 1 saturated heterocycles. The lowest BCUT2D eigenvalue weighted by Gasteiger charge is -2.14. The van der Waals surface area contributed by atoms with Crippen molar-refractivity contribution >= 4 is 44.9 Å². The number of hydrogen-bond acceptors (Lipinski definition) is 6. The van der Waals surface area contributed by atoms with E-state index in [1.807, 2.05) is 0 Å². The molecule has 0 spiro atoms. The quantitative estimate of drug-likeness (QED) is 0.605. The Bertz CT molecular complexity index is 591. The zero-order chi connectivity index (χ0) is 14.8. The second kappa shape index (κ2) is 6.19. The number of amides is 1. The van der Waals surface area contributed by atoms with E-state index in [1.54, 1.807) is 18.3 Å². The molecule has 1 amide bonds. The second-order valence-corrected chi connectivity index (χ2v) is 8.24. The van der Waals surface area contributed by atoms with E-state index in [9.17, 15) is 13.2 Å². The predicted octanol–water partition coefficient (Wildman–Crippen LogP) is 0.276. The molecule has 1 fully saturated rings. The van der Waals surface area contributed by atoms with Crippen LogP contribution in [0.4, 0.5) is 5.82 Å². The average Bonchev–Trinajstić information content (AvgIpc) is 2.61. The Labute approximate surface area is 126 Å². The summed E-state index contributed by atoms with van der Waals surface area (Å²) < 4.78 is 22.8. The molecule has 0 radical (unpaired) electrons. The molecule has 2 heterocycles. The number of alkyl halides is 1.